The zero-order valence-corrected chi connectivity index (χ0v) is 15.9. The molecular weight excluding hydrogens is 424 g/mol. The van der Waals surface area contributed by atoms with Gasteiger partial charge in [-0.15, -0.1) is 10.2 Å². The Morgan fingerprint density at radius 1 is 1.17 bits per heavy atom. The SMILES string of the molecule is CCC1CNCCC1C(=O)N1CCn2c(nnc2C(F)(F)F)C1.O=C(O)C(F)(F)F. The van der Waals surface area contributed by atoms with Gasteiger partial charge in [0.25, 0.3) is 0 Å². The Hall–Kier alpha value is -2.38. The molecule has 1 aromatic rings. The highest BCUT2D eigenvalue weighted by Crippen LogP contribution is 2.30. The molecule has 1 fully saturated rings. The third-order valence-electron chi connectivity index (χ3n) is 5.01. The maximum absolute atomic E-state index is 12.8. The topological polar surface area (TPSA) is 100 Å². The number of piperidine rings is 1. The number of hydrogen-bond acceptors (Lipinski definition) is 5. The van der Waals surface area contributed by atoms with Gasteiger partial charge in [0, 0.05) is 19.0 Å². The van der Waals surface area contributed by atoms with Crippen molar-refractivity contribution in [3.05, 3.63) is 11.6 Å². The van der Waals surface area contributed by atoms with E-state index in [-0.39, 0.29) is 43.2 Å². The lowest BCUT2D eigenvalue weighted by Crippen LogP contribution is -2.48. The van der Waals surface area contributed by atoms with Crippen molar-refractivity contribution < 1.29 is 41.0 Å². The van der Waals surface area contributed by atoms with Crippen LogP contribution in [0.15, 0.2) is 0 Å². The highest BCUT2D eigenvalue weighted by atomic mass is 19.4. The maximum atomic E-state index is 12.8. The number of aliphatic carboxylic acids is 1. The minimum absolute atomic E-state index is 0.0289. The van der Waals surface area contributed by atoms with Crippen LogP contribution in [0.5, 0.6) is 0 Å². The van der Waals surface area contributed by atoms with E-state index in [0.717, 1.165) is 30.5 Å². The van der Waals surface area contributed by atoms with Crippen molar-refractivity contribution in [1.82, 2.24) is 25.0 Å². The first-order valence-corrected chi connectivity index (χ1v) is 9.15. The van der Waals surface area contributed by atoms with Crippen LogP contribution in [-0.2, 0) is 28.9 Å². The van der Waals surface area contributed by atoms with Crippen LogP contribution in [0.3, 0.4) is 0 Å². The molecule has 2 unspecified atom stereocenters. The minimum Gasteiger partial charge on any atom is -0.475 e. The average Bonchev–Trinajstić information content (AvgIpc) is 3.10. The second kappa shape index (κ2) is 9.18. The largest absolute Gasteiger partial charge is 0.490 e. The van der Waals surface area contributed by atoms with Crippen molar-refractivity contribution in [3.63, 3.8) is 0 Å². The number of carboxylic acid groups (broad SMARTS) is 1. The molecule has 2 aliphatic rings. The number of aromatic nitrogens is 3. The molecule has 0 aliphatic carbocycles. The van der Waals surface area contributed by atoms with E-state index >= 15 is 0 Å². The van der Waals surface area contributed by atoms with Gasteiger partial charge in [-0.05, 0) is 25.4 Å². The lowest BCUT2D eigenvalue weighted by molar-refractivity contribution is -0.192. The summed E-state index contributed by atoms with van der Waals surface area (Å²) in [7, 11) is 0. The molecule has 0 aromatic carbocycles. The number of hydrogen-bond donors (Lipinski definition) is 2. The zero-order valence-electron chi connectivity index (χ0n) is 15.9. The van der Waals surface area contributed by atoms with Gasteiger partial charge in [0.2, 0.25) is 11.7 Å². The number of alkyl halides is 6. The molecule has 0 radical (unpaired) electrons. The van der Waals surface area contributed by atoms with Crippen molar-refractivity contribution in [3.8, 4) is 0 Å². The number of carbonyl (C=O) groups excluding carboxylic acids is 1. The first-order valence-electron chi connectivity index (χ1n) is 9.15. The van der Waals surface area contributed by atoms with E-state index < -0.39 is 24.1 Å². The third-order valence-corrected chi connectivity index (χ3v) is 5.01. The van der Waals surface area contributed by atoms with Crippen molar-refractivity contribution in [2.45, 2.75) is 45.2 Å². The molecule has 2 atom stereocenters. The predicted octanol–water partition coefficient (Wildman–Crippen LogP) is 1.91. The first-order chi connectivity index (χ1) is 13.9. The lowest BCUT2D eigenvalue weighted by Gasteiger charge is -2.36. The van der Waals surface area contributed by atoms with Gasteiger partial charge in [0.05, 0.1) is 6.54 Å². The summed E-state index contributed by atoms with van der Waals surface area (Å²) in [5.74, 6) is -3.28. The number of rotatable bonds is 2. The number of halogens is 6. The Labute approximate surface area is 167 Å². The number of carbonyl (C=O) groups is 2. The fraction of sp³-hybridized carbons (Fsp3) is 0.750. The number of nitrogens with one attached hydrogen (secondary N) is 1. The van der Waals surface area contributed by atoms with Crippen LogP contribution >= 0.6 is 0 Å². The minimum atomic E-state index is -5.08. The van der Waals surface area contributed by atoms with E-state index in [1.165, 1.54) is 0 Å². The first kappa shape index (κ1) is 23.9. The van der Waals surface area contributed by atoms with Crippen LogP contribution in [0.1, 0.15) is 31.4 Å². The standard InChI is InChI=1S/C14H20F3N5O.C2HF3O2/c1-2-9-7-18-4-3-10(9)12(23)21-5-6-22-11(8-21)19-20-13(22)14(15,16)17;3-2(4,5)1(6)7/h9-10,18H,2-8H2,1H3;(H,6,7). The normalized spacial score (nSPS) is 22.0. The monoisotopic (exact) mass is 445 g/mol. The molecule has 2 aliphatic heterocycles. The second-order valence-electron chi connectivity index (χ2n) is 6.92. The molecule has 0 saturated carbocycles. The van der Waals surface area contributed by atoms with E-state index in [0.29, 0.717) is 0 Å². The summed E-state index contributed by atoms with van der Waals surface area (Å²) in [5.41, 5.74) is 0. The van der Waals surface area contributed by atoms with Gasteiger partial charge in [0.1, 0.15) is 0 Å². The third kappa shape index (κ3) is 5.61. The molecule has 0 bridgehead atoms. The summed E-state index contributed by atoms with van der Waals surface area (Å²) in [6.45, 7) is 4.13. The van der Waals surface area contributed by atoms with Crippen LogP contribution in [0.4, 0.5) is 26.3 Å². The van der Waals surface area contributed by atoms with Crippen LogP contribution in [0.25, 0.3) is 0 Å². The molecule has 1 amide bonds. The molecule has 30 heavy (non-hydrogen) atoms. The molecule has 3 heterocycles. The van der Waals surface area contributed by atoms with Crippen molar-refractivity contribution in [1.29, 1.82) is 0 Å². The average molecular weight is 445 g/mol. The van der Waals surface area contributed by atoms with Crippen LogP contribution < -0.4 is 5.32 Å². The van der Waals surface area contributed by atoms with E-state index in [2.05, 4.69) is 22.4 Å². The van der Waals surface area contributed by atoms with Gasteiger partial charge in [-0.3, -0.25) is 4.79 Å². The zero-order chi connectivity index (χ0) is 22.7. The van der Waals surface area contributed by atoms with Gasteiger partial charge in [-0.1, -0.05) is 13.3 Å². The maximum Gasteiger partial charge on any atom is 0.490 e. The highest BCUT2D eigenvalue weighted by molar-refractivity contribution is 5.79. The lowest BCUT2D eigenvalue weighted by atomic mass is 9.83. The van der Waals surface area contributed by atoms with Crippen LogP contribution in [-0.4, -0.2) is 62.5 Å². The van der Waals surface area contributed by atoms with Gasteiger partial charge >= 0.3 is 18.3 Å². The van der Waals surface area contributed by atoms with Gasteiger partial charge < -0.3 is 19.9 Å². The quantitative estimate of drug-likeness (QED) is 0.675. The number of nitrogens with zero attached hydrogens (tertiary/aromatic N) is 4. The Morgan fingerprint density at radius 2 is 1.80 bits per heavy atom. The Kier molecular flexibility index (Phi) is 7.31. The predicted molar refractivity (Wildman–Crippen MR) is 88.9 cm³/mol. The van der Waals surface area contributed by atoms with E-state index in [1.54, 1.807) is 4.90 Å². The van der Waals surface area contributed by atoms with Crippen molar-refractivity contribution >= 4 is 11.9 Å². The number of carboxylic acids is 1. The molecular formula is C16H21F6N5O3. The second-order valence-corrected chi connectivity index (χ2v) is 6.92. The Bertz CT molecular complexity index is 764. The van der Waals surface area contributed by atoms with Crippen molar-refractivity contribution in [2.75, 3.05) is 19.6 Å². The summed E-state index contributed by atoms with van der Waals surface area (Å²) in [6.07, 6.45) is -7.92. The molecule has 0 spiro atoms. The van der Waals surface area contributed by atoms with Gasteiger partial charge in [-0.2, -0.15) is 26.3 Å². The summed E-state index contributed by atoms with van der Waals surface area (Å²) in [6, 6.07) is 0. The van der Waals surface area contributed by atoms with Gasteiger partial charge in [0.15, 0.2) is 5.82 Å². The fourth-order valence-corrected chi connectivity index (χ4v) is 3.47. The smallest absolute Gasteiger partial charge is 0.475 e. The fourth-order valence-electron chi connectivity index (χ4n) is 3.47. The van der Waals surface area contributed by atoms with E-state index in [9.17, 15) is 31.1 Å². The summed E-state index contributed by atoms with van der Waals surface area (Å²) in [4.78, 5) is 23.3. The molecule has 1 saturated heterocycles. The van der Waals surface area contributed by atoms with Gasteiger partial charge in [-0.25, -0.2) is 4.79 Å². The highest BCUT2D eigenvalue weighted by Gasteiger charge is 2.41. The number of amides is 1. The summed E-state index contributed by atoms with van der Waals surface area (Å²) in [5, 5.41) is 17.3. The van der Waals surface area contributed by atoms with Crippen LogP contribution in [0.2, 0.25) is 0 Å². The Morgan fingerprint density at radius 3 is 2.33 bits per heavy atom. The summed E-state index contributed by atoms with van der Waals surface area (Å²) >= 11 is 0. The van der Waals surface area contributed by atoms with Crippen LogP contribution in [0, 0.1) is 11.8 Å². The number of fused-ring (bicyclic) bond motifs is 1. The molecule has 14 heteroatoms. The summed E-state index contributed by atoms with van der Waals surface area (Å²) < 4.78 is 71.3. The molecule has 8 nitrogen and oxygen atoms in total. The molecule has 1 aromatic heterocycles. The van der Waals surface area contributed by atoms with E-state index in [4.69, 9.17) is 9.90 Å². The Balaban J connectivity index is 0.000000396. The van der Waals surface area contributed by atoms with Crippen molar-refractivity contribution in [2.24, 2.45) is 11.8 Å². The molecule has 3 rings (SSSR count). The molecule has 170 valence electrons. The molecule has 2 N–H and O–H groups in total. The van der Waals surface area contributed by atoms with E-state index in [1.807, 2.05) is 0 Å².